The molecule has 2 unspecified atom stereocenters. The number of benzene rings is 1. The van der Waals surface area contributed by atoms with Gasteiger partial charge in [-0.05, 0) is 23.5 Å². The summed E-state index contributed by atoms with van der Waals surface area (Å²) in [5.74, 6) is 0.174. The van der Waals surface area contributed by atoms with Crippen molar-refractivity contribution < 1.29 is 5.11 Å². The van der Waals surface area contributed by atoms with Gasteiger partial charge in [-0.25, -0.2) is 0 Å². The Bertz CT molecular complexity index is 815. The molecule has 0 saturated heterocycles. The average Bonchev–Trinajstić information content (AvgIpc) is 2.76. The van der Waals surface area contributed by atoms with E-state index in [0.717, 1.165) is 21.7 Å². The van der Waals surface area contributed by atoms with Crippen molar-refractivity contribution in [2.75, 3.05) is 0 Å². The number of aromatic nitrogens is 3. The van der Waals surface area contributed by atoms with E-state index >= 15 is 0 Å². The summed E-state index contributed by atoms with van der Waals surface area (Å²) in [4.78, 5) is 1.49. The summed E-state index contributed by atoms with van der Waals surface area (Å²) < 4.78 is 0. The average molecular weight is 317 g/mol. The van der Waals surface area contributed by atoms with Crippen molar-refractivity contribution in [2.24, 2.45) is 5.41 Å². The van der Waals surface area contributed by atoms with E-state index in [1.807, 2.05) is 36.4 Å². The first-order valence-corrected chi connectivity index (χ1v) is 7.75. The highest BCUT2D eigenvalue weighted by Gasteiger charge is 2.20. The van der Waals surface area contributed by atoms with Crippen LogP contribution in [0.5, 0.6) is 0 Å². The Morgan fingerprint density at radius 1 is 1.14 bits per heavy atom. The number of aliphatic hydroxyl groups is 1. The smallest absolute Gasteiger partial charge is 0.149 e. The summed E-state index contributed by atoms with van der Waals surface area (Å²) in [6, 6.07) is 5.83. The standard InChI is InChI=1S/C15H17N3OP2/c1-15(2)6-5-12(14(19)13(21)8-15)18-16-10-4-3-9(20)7-11(10)17-18/h3-8,19H,20-21H2,1-2H3. The normalized spacial score (nSPS) is 18.0. The summed E-state index contributed by atoms with van der Waals surface area (Å²) in [5.41, 5.74) is 2.04. The fourth-order valence-electron chi connectivity index (χ4n) is 2.24. The van der Waals surface area contributed by atoms with Gasteiger partial charge in [0.1, 0.15) is 22.5 Å². The molecule has 0 radical (unpaired) electrons. The molecule has 0 amide bonds. The maximum atomic E-state index is 10.4. The molecule has 4 nitrogen and oxygen atoms in total. The Morgan fingerprint density at radius 3 is 2.62 bits per heavy atom. The Hall–Kier alpha value is -1.50. The van der Waals surface area contributed by atoms with Crippen molar-refractivity contribution in [1.82, 2.24) is 15.0 Å². The van der Waals surface area contributed by atoms with Gasteiger partial charge >= 0.3 is 0 Å². The van der Waals surface area contributed by atoms with Gasteiger partial charge in [-0.3, -0.25) is 0 Å². The number of hydrogen-bond acceptors (Lipinski definition) is 3. The molecule has 108 valence electrons. The van der Waals surface area contributed by atoms with E-state index in [1.165, 1.54) is 4.80 Å². The highest BCUT2D eigenvalue weighted by atomic mass is 31.0. The SMILES string of the molecule is CC1(C)C=CC(n2nc3ccc(P)cc3n2)=C(O)C(P)=C1. The topological polar surface area (TPSA) is 50.9 Å². The lowest BCUT2D eigenvalue weighted by molar-refractivity contribution is 0.427. The minimum absolute atomic E-state index is 0.132. The zero-order chi connectivity index (χ0) is 15.2. The van der Waals surface area contributed by atoms with E-state index in [1.54, 1.807) is 0 Å². The van der Waals surface area contributed by atoms with Crippen LogP contribution in [0, 0.1) is 5.41 Å². The monoisotopic (exact) mass is 317 g/mol. The van der Waals surface area contributed by atoms with Crippen molar-refractivity contribution in [3.8, 4) is 0 Å². The van der Waals surface area contributed by atoms with E-state index in [-0.39, 0.29) is 11.2 Å². The van der Waals surface area contributed by atoms with E-state index in [4.69, 9.17) is 0 Å². The zero-order valence-corrected chi connectivity index (χ0v) is 14.2. The van der Waals surface area contributed by atoms with Crippen molar-refractivity contribution >= 4 is 40.5 Å². The lowest BCUT2D eigenvalue weighted by Crippen LogP contribution is -2.03. The summed E-state index contributed by atoms with van der Waals surface area (Å²) in [7, 11) is 5.21. The molecule has 6 heteroatoms. The van der Waals surface area contributed by atoms with Crippen molar-refractivity contribution in [2.45, 2.75) is 13.8 Å². The van der Waals surface area contributed by atoms with Gasteiger partial charge in [0.2, 0.25) is 0 Å². The number of rotatable bonds is 1. The number of hydrogen-bond donors (Lipinski definition) is 1. The molecule has 2 atom stereocenters. The first-order valence-electron chi connectivity index (χ1n) is 6.60. The lowest BCUT2D eigenvalue weighted by atomic mass is 9.93. The van der Waals surface area contributed by atoms with Gasteiger partial charge in [0.15, 0.2) is 0 Å². The van der Waals surface area contributed by atoms with Gasteiger partial charge < -0.3 is 5.11 Å². The van der Waals surface area contributed by atoms with Crippen LogP contribution in [0.4, 0.5) is 0 Å². The Kier molecular flexibility index (Phi) is 3.47. The second kappa shape index (κ2) is 5.05. The van der Waals surface area contributed by atoms with Crippen LogP contribution in [-0.2, 0) is 0 Å². The van der Waals surface area contributed by atoms with Crippen molar-refractivity contribution in [3.63, 3.8) is 0 Å². The van der Waals surface area contributed by atoms with Crippen molar-refractivity contribution in [1.29, 1.82) is 0 Å². The highest BCUT2D eigenvalue weighted by molar-refractivity contribution is 7.27. The first-order chi connectivity index (χ1) is 9.85. The van der Waals surface area contributed by atoms with Gasteiger partial charge in [-0.15, -0.1) is 33.5 Å². The van der Waals surface area contributed by atoms with Crippen LogP contribution in [0.15, 0.2) is 47.5 Å². The number of aliphatic hydroxyl groups excluding tert-OH is 1. The second-order valence-corrected chi connectivity index (χ2v) is 7.01. The number of allylic oxidation sites excluding steroid dienone is 5. The maximum absolute atomic E-state index is 10.4. The molecule has 1 aliphatic rings. The molecule has 1 aliphatic carbocycles. The summed E-state index contributed by atoms with van der Waals surface area (Å²) in [5, 5.41) is 21.1. The largest absolute Gasteiger partial charge is 0.505 e. The number of fused-ring (bicyclic) bond motifs is 1. The summed E-state index contributed by atoms with van der Waals surface area (Å²) in [6.07, 6.45) is 5.90. The van der Waals surface area contributed by atoms with Gasteiger partial charge in [-0.1, -0.05) is 32.1 Å². The maximum Gasteiger partial charge on any atom is 0.149 e. The molecule has 0 saturated carbocycles. The minimum atomic E-state index is -0.132. The molecule has 1 aromatic heterocycles. The fourth-order valence-corrected chi connectivity index (χ4v) is 3.07. The predicted octanol–water partition coefficient (Wildman–Crippen LogP) is 3.01. The minimum Gasteiger partial charge on any atom is -0.505 e. The summed E-state index contributed by atoms with van der Waals surface area (Å²) >= 11 is 0. The summed E-state index contributed by atoms with van der Waals surface area (Å²) in [6.45, 7) is 4.16. The second-order valence-electron chi connectivity index (χ2n) is 5.73. The van der Waals surface area contributed by atoms with Crippen LogP contribution >= 0.6 is 18.5 Å². The zero-order valence-electron chi connectivity index (χ0n) is 11.9. The molecule has 0 aliphatic heterocycles. The Morgan fingerprint density at radius 2 is 1.86 bits per heavy atom. The van der Waals surface area contributed by atoms with Crippen LogP contribution in [0.3, 0.4) is 0 Å². The highest BCUT2D eigenvalue weighted by Crippen LogP contribution is 2.33. The molecule has 1 N–H and O–H groups in total. The van der Waals surface area contributed by atoms with E-state index in [9.17, 15) is 5.11 Å². The van der Waals surface area contributed by atoms with Gasteiger partial charge in [0.25, 0.3) is 0 Å². The molecule has 3 rings (SSSR count). The molecule has 2 aromatic rings. The third-order valence-corrected chi connectivity index (χ3v) is 4.13. The van der Waals surface area contributed by atoms with E-state index in [2.05, 4.69) is 42.5 Å². The van der Waals surface area contributed by atoms with Crippen LogP contribution in [0.25, 0.3) is 16.7 Å². The quantitative estimate of drug-likeness (QED) is 0.823. The van der Waals surface area contributed by atoms with Gasteiger partial charge in [0, 0.05) is 10.7 Å². The van der Waals surface area contributed by atoms with E-state index in [0.29, 0.717) is 5.70 Å². The Labute approximate surface area is 128 Å². The third-order valence-electron chi connectivity index (χ3n) is 3.33. The van der Waals surface area contributed by atoms with Crippen LogP contribution in [0.2, 0.25) is 0 Å². The van der Waals surface area contributed by atoms with Gasteiger partial charge in [-0.2, -0.15) is 0 Å². The molecule has 0 fully saturated rings. The molecule has 0 spiro atoms. The molecule has 21 heavy (non-hydrogen) atoms. The number of nitrogens with zero attached hydrogens (tertiary/aromatic N) is 3. The third kappa shape index (κ3) is 2.79. The van der Waals surface area contributed by atoms with Crippen LogP contribution < -0.4 is 5.30 Å². The van der Waals surface area contributed by atoms with Gasteiger partial charge in [0.05, 0.1) is 0 Å². The molecule has 1 heterocycles. The molecular formula is C15H17N3OP2. The van der Waals surface area contributed by atoms with Crippen molar-refractivity contribution in [3.05, 3.63) is 47.5 Å². The first kappa shape index (κ1) is 14.4. The van der Waals surface area contributed by atoms with Crippen LogP contribution in [0.1, 0.15) is 13.8 Å². The fraction of sp³-hybridized carbons (Fsp3) is 0.200. The van der Waals surface area contributed by atoms with E-state index < -0.39 is 0 Å². The lowest BCUT2D eigenvalue weighted by Gasteiger charge is -2.13. The van der Waals surface area contributed by atoms with Crippen LogP contribution in [-0.4, -0.2) is 20.1 Å². The molecular weight excluding hydrogens is 300 g/mol. The molecule has 1 aromatic carbocycles. The Balaban J connectivity index is 2.17. The molecule has 0 bridgehead atoms. The predicted molar refractivity (Wildman–Crippen MR) is 93.4 cm³/mol.